The summed E-state index contributed by atoms with van der Waals surface area (Å²) >= 11 is 0. The highest BCUT2D eigenvalue weighted by molar-refractivity contribution is 5.85. The van der Waals surface area contributed by atoms with E-state index in [9.17, 15) is 4.39 Å². The number of benzene rings is 1. The molecule has 1 aliphatic rings. The Hall–Kier alpha value is -0.640. The van der Waals surface area contributed by atoms with E-state index in [4.69, 9.17) is 0 Å². The molecule has 1 aromatic rings. The maximum atomic E-state index is 13.1. The Labute approximate surface area is 109 Å². The smallest absolute Gasteiger partial charge is 0.123 e. The molecule has 17 heavy (non-hydrogen) atoms. The lowest BCUT2D eigenvalue weighted by atomic mass is 10.1. The van der Waals surface area contributed by atoms with Gasteiger partial charge in [-0.25, -0.2) is 4.39 Å². The van der Waals surface area contributed by atoms with E-state index >= 15 is 0 Å². The van der Waals surface area contributed by atoms with Gasteiger partial charge in [0.1, 0.15) is 5.82 Å². The quantitative estimate of drug-likeness (QED) is 0.877. The van der Waals surface area contributed by atoms with E-state index in [2.05, 4.69) is 24.1 Å². The molecule has 0 unspecified atom stereocenters. The van der Waals surface area contributed by atoms with E-state index in [0.717, 1.165) is 25.2 Å². The largest absolute Gasteiger partial charge is 0.311 e. The van der Waals surface area contributed by atoms with Crippen molar-refractivity contribution in [1.29, 1.82) is 0 Å². The molecule has 1 heterocycles. The predicted molar refractivity (Wildman–Crippen MR) is 71.0 cm³/mol. The fourth-order valence-electron chi connectivity index (χ4n) is 2.19. The van der Waals surface area contributed by atoms with Gasteiger partial charge in [0.2, 0.25) is 0 Å². The number of rotatable bonds is 2. The summed E-state index contributed by atoms with van der Waals surface area (Å²) in [6, 6.07) is 7.92. The molecule has 1 saturated heterocycles. The monoisotopic (exact) mass is 258 g/mol. The first-order valence-corrected chi connectivity index (χ1v) is 5.87. The molecular weight excluding hydrogens is 239 g/mol. The minimum Gasteiger partial charge on any atom is -0.311 e. The zero-order valence-corrected chi connectivity index (χ0v) is 11.1. The van der Waals surface area contributed by atoms with Crippen LogP contribution in [0.1, 0.15) is 19.4 Å². The molecular formula is C13H20ClFN2. The Bertz CT molecular complexity index is 359. The summed E-state index contributed by atoms with van der Waals surface area (Å²) in [5.41, 5.74) is 1.06. The van der Waals surface area contributed by atoms with Crippen LogP contribution in [0, 0.1) is 5.82 Å². The lowest BCUT2D eigenvalue weighted by molar-refractivity contribution is 0.138. The molecule has 0 spiro atoms. The first kappa shape index (κ1) is 14.4. The molecule has 1 aromatic carbocycles. The van der Waals surface area contributed by atoms with Crippen molar-refractivity contribution < 1.29 is 4.39 Å². The molecule has 1 aliphatic heterocycles. The summed E-state index contributed by atoms with van der Waals surface area (Å²) in [4.78, 5) is 2.40. The third kappa shape index (κ3) is 3.95. The van der Waals surface area contributed by atoms with Crippen molar-refractivity contribution >= 4 is 12.4 Å². The van der Waals surface area contributed by atoms with Crippen LogP contribution in [0.25, 0.3) is 0 Å². The highest BCUT2D eigenvalue weighted by atomic mass is 35.5. The van der Waals surface area contributed by atoms with Gasteiger partial charge in [0.15, 0.2) is 0 Å². The van der Waals surface area contributed by atoms with Crippen LogP contribution >= 0.6 is 12.4 Å². The lowest BCUT2D eigenvalue weighted by Gasteiger charge is -2.37. The van der Waals surface area contributed by atoms with Crippen molar-refractivity contribution in [2.45, 2.75) is 32.5 Å². The molecule has 0 bridgehead atoms. The molecule has 1 N–H and O–H groups in total. The van der Waals surface area contributed by atoms with Crippen molar-refractivity contribution in [2.75, 3.05) is 13.1 Å². The highest BCUT2D eigenvalue weighted by Gasteiger charge is 2.22. The standard InChI is InChI=1S/C13H19FN2.ClH/c1-10-8-16(11(2)7-15-10)9-12-4-3-5-13(14)6-12;/h3-6,10-11,15H,7-9H2,1-2H3;1H/t10-,11+;/m1./s1. The number of nitrogens with zero attached hydrogens (tertiary/aromatic N) is 1. The summed E-state index contributed by atoms with van der Waals surface area (Å²) in [6.45, 7) is 7.27. The number of halogens is 2. The van der Waals surface area contributed by atoms with E-state index in [0.29, 0.717) is 12.1 Å². The van der Waals surface area contributed by atoms with Gasteiger partial charge in [-0.1, -0.05) is 12.1 Å². The SMILES string of the molecule is C[C@@H]1CN(Cc2cccc(F)c2)[C@@H](C)CN1.Cl. The molecule has 4 heteroatoms. The van der Waals surface area contributed by atoms with Crippen LogP contribution in [-0.4, -0.2) is 30.1 Å². The van der Waals surface area contributed by atoms with Crippen molar-refractivity contribution in [3.63, 3.8) is 0 Å². The topological polar surface area (TPSA) is 15.3 Å². The molecule has 1 fully saturated rings. The van der Waals surface area contributed by atoms with Crippen LogP contribution in [0.5, 0.6) is 0 Å². The van der Waals surface area contributed by atoms with Crippen molar-refractivity contribution in [3.05, 3.63) is 35.6 Å². The summed E-state index contributed by atoms with van der Waals surface area (Å²) in [5.74, 6) is -0.145. The Morgan fingerprint density at radius 2 is 2.18 bits per heavy atom. The second-order valence-corrected chi connectivity index (χ2v) is 4.72. The fourth-order valence-corrected chi connectivity index (χ4v) is 2.19. The predicted octanol–water partition coefficient (Wildman–Crippen LogP) is 2.43. The second kappa shape index (κ2) is 6.34. The van der Waals surface area contributed by atoms with Crippen molar-refractivity contribution in [2.24, 2.45) is 0 Å². The molecule has 2 nitrogen and oxygen atoms in total. The molecule has 0 aliphatic carbocycles. The third-order valence-corrected chi connectivity index (χ3v) is 3.17. The molecule has 0 saturated carbocycles. The summed E-state index contributed by atoms with van der Waals surface area (Å²) < 4.78 is 13.1. The second-order valence-electron chi connectivity index (χ2n) is 4.72. The molecule has 0 aromatic heterocycles. The zero-order chi connectivity index (χ0) is 11.5. The van der Waals surface area contributed by atoms with Crippen LogP contribution in [-0.2, 0) is 6.54 Å². The first-order valence-electron chi connectivity index (χ1n) is 5.87. The minimum absolute atomic E-state index is 0. The minimum atomic E-state index is -0.145. The van der Waals surface area contributed by atoms with Gasteiger partial charge in [-0.15, -0.1) is 12.4 Å². The third-order valence-electron chi connectivity index (χ3n) is 3.17. The number of hydrogen-bond acceptors (Lipinski definition) is 2. The Balaban J connectivity index is 0.00000144. The average molecular weight is 259 g/mol. The highest BCUT2D eigenvalue weighted by Crippen LogP contribution is 2.13. The van der Waals surface area contributed by atoms with E-state index in [1.165, 1.54) is 6.07 Å². The normalized spacial score (nSPS) is 25.4. The number of piperazine rings is 1. The summed E-state index contributed by atoms with van der Waals surface area (Å²) in [5, 5.41) is 3.44. The van der Waals surface area contributed by atoms with Crippen LogP contribution < -0.4 is 5.32 Å². The van der Waals surface area contributed by atoms with Crippen LogP contribution in [0.2, 0.25) is 0 Å². The van der Waals surface area contributed by atoms with Gasteiger partial charge in [-0.3, -0.25) is 4.90 Å². The van der Waals surface area contributed by atoms with Crippen LogP contribution in [0.4, 0.5) is 4.39 Å². The molecule has 0 radical (unpaired) electrons. The van der Waals surface area contributed by atoms with Crippen LogP contribution in [0.15, 0.2) is 24.3 Å². The van der Waals surface area contributed by atoms with E-state index in [-0.39, 0.29) is 18.2 Å². The van der Waals surface area contributed by atoms with E-state index in [1.807, 2.05) is 6.07 Å². The maximum Gasteiger partial charge on any atom is 0.123 e. The van der Waals surface area contributed by atoms with Crippen molar-refractivity contribution in [1.82, 2.24) is 10.2 Å². The Kier molecular flexibility index (Phi) is 5.37. The van der Waals surface area contributed by atoms with Gasteiger partial charge in [-0.2, -0.15) is 0 Å². The average Bonchev–Trinajstić information content (AvgIpc) is 2.24. The van der Waals surface area contributed by atoms with Gasteiger partial charge in [0.05, 0.1) is 0 Å². The molecule has 2 atom stereocenters. The van der Waals surface area contributed by atoms with Crippen LogP contribution in [0.3, 0.4) is 0 Å². The summed E-state index contributed by atoms with van der Waals surface area (Å²) in [6.07, 6.45) is 0. The van der Waals surface area contributed by atoms with Gasteiger partial charge in [0, 0.05) is 31.7 Å². The molecule has 2 rings (SSSR count). The number of hydrogen-bond donors (Lipinski definition) is 1. The first-order chi connectivity index (χ1) is 7.65. The van der Waals surface area contributed by atoms with Gasteiger partial charge < -0.3 is 5.32 Å². The van der Waals surface area contributed by atoms with Crippen molar-refractivity contribution in [3.8, 4) is 0 Å². The zero-order valence-electron chi connectivity index (χ0n) is 10.3. The van der Waals surface area contributed by atoms with Gasteiger partial charge in [0.25, 0.3) is 0 Å². The molecule has 96 valence electrons. The van der Waals surface area contributed by atoms with E-state index in [1.54, 1.807) is 12.1 Å². The Morgan fingerprint density at radius 1 is 1.41 bits per heavy atom. The number of nitrogens with one attached hydrogen (secondary N) is 1. The molecule has 0 amide bonds. The lowest BCUT2D eigenvalue weighted by Crippen LogP contribution is -2.53. The maximum absolute atomic E-state index is 13.1. The summed E-state index contributed by atoms with van der Waals surface area (Å²) in [7, 11) is 0. The fraction of sp³-hybridized carbons (Fsp3) is 0.538. The van der Waals surface area contributed by atoms with Gasteiger partial charge in [-0.05, 0) is 31.5 Å². The van der Waals surface area contributed by atoms with Gasteiger partial charge >= 0.3 is 0 Å². The Morgan fingerprint density at radius 3 is 2.88 bits per heavy atom. The van der Waals surface area contributed by atoms with E-state index < -0.39 is 0 Å².